The van der Waals surface area contributed by atoms with Gasteiger partial charge in [-0.3, -0.25) is 14.5 Å². The molecular formula is C17H25N3O3. The van der Waals surface area contributed by atoms with Crippen LogP contribution in [-0.4, -0.2) is 67.5 Å². The molecule has 1 aromatic rings. The van der Waals surface area contributed by atoms with Crippen molar-refractivity contribution >= 4 is 11.8 Å². The molecule has 0 saturated carbocycles. The lowest BCUT2D eigenvalue weighted by atomic mass is 10.2. The number of amides is 2. The molecule has 1 aromatic carbocycles. The van der Waals surface area contributed by atoms with Gasteiger partial charge in [0.1, 0.15) is 5.75 Å². The summed E-state index contributed by atoms with van der Waals surface area (Å²) in [5.41, 5.74) is 1.16. The number of likely N-dealkylation sites (N-methyl/N-ethyl adjacent to an activating group) is 1. The maximum absolute atomic E-state index is 12.5. The Bertz CT molecular complexity index is 537. The van der Waals surface area contributed by atoms with Crippen molar-refractivity contribution in [3.63, 3.8) is 0 Å². The third kappa shape index (κ3) is 4.96. The van der Waals surface area contributed by atoms with Crippen LogP contribution in [0.2, 0.25) is 0 Å². The zero-order valence-electron chi connectivity index (χ0n) is 14.0. The molecule has 1 N–H and O–H groups in total. The highest BCUT2D eigenvalue weighted by Crippen LogP contribution is 2.15. The molecule has 126 valence electrons. The summed E-state index contributed by atoms with van der Waals surface area (Å²) in [6.45, 7) is 6.82. The first kappa shape index (κ1) is 17.3. The predicted octanol–water partition coefficient (Wildman–Crippen LogP) is 0.653. The van der Waals surface area contributed by atoms with Gasteiger partial charge >= 0.3 is 0 Å². The zero-order valence-corrected chi connectivity index (χ0v) is 14.0. The molecule has 1 saturated heterocycles. The van der Waals surface area contributed by atoms with E-state index in [4.69, 9.17) is 4.74 Å². The number of benzene rings is 1. The third-order valence-corrected chi connectivity index (χ3v) is 4.01. The second kappa shape index (κ2) is 7.97. The number of ether oxygens (including phenoxy) is 1. The number of hydrogen-bond acceptors (Lipinski definition) is 4. The number of nitrogens with one attached hydrogen (secondary N) is 1. The molecule has 0 bridgehead atoms. The van der Waals surface area contributed by atoms with E-state index in [1.54, 1.807) is 18.9 Å². The molecule has 0 spiro atoms. The minimum absolute atomic E-state index is 0.000786. The number of hydrogen-bond donors (Lipinski definition) is 1. The predicted molar refractivity (Wildman–Crippen MR) is 88.4 cm³/mol. The summed E-state index contributed by atoms with van der Waals surface area (Å²) in [5.74, 6) is 0.695. The highest BCUT2D eigenvalue weighted by molar-refractivity contribution is 5.81. The van der Waals surface area contributed by atoms with Gasteiger partial charge in [-0.05, 0) is 26.0 Å². The Morgan fingerprint density at radius 3 is 2.35 bits per heavy atom. The average molecular weight is 319 g/mol. The molecular weight excluding hydrogens is 294 g/mol. The lowest BCUT2D eigenvalue weighted by molar-refractivity contribution is -0.139. The van der Waals surface area contributed by atoms with Crippen LogP contribution in [0.1, 0.15) is 12.5 Å². The molecule has 0 aliphatic carbocycles. The molecule has 1 unspecified atom stereocenters. The van der Waals surface area contributed by atoms with Gasteiger partial charge in [-0.25, -0.2) is 0 Å². The van der Waals surface area contributed by atoms with Gasteiger partial charge in [-0.15, -0.1) is 0 Å². The van der Waals surface area contributed by atoms with Crippen molar-refractivity contribution in [3.8, 4) is 5.75 Å². The number of nitrogens with zero attached hydrogens (tertiary/aromatic N) is 2. The molecule has 6 nitrogen and oxygen atoms in total. The van der Waals surface area contributed by atoms with Gasteiger partial charge in [0.25, 0.3) is 5.91 Å². The van der Waals surface area contributed by atoms with Crippen LogP contribution in [-0.2, 0) is 9.59 Å². The molecule has 1 aliphatic heterocycles. The largest absolute Gasteiger partial charge is 0.481 e. The van der Waals surface area contributed by atoms with Crippen molar-refractivity contribution < 1.29 is 14.3 Å². The van der Waals surface area contributed by atoms with E-state index >= 15 is 0 Å². The molecule has 2 rings (SSSR count). The maximum atomic E-state index is 12.5. The maximum Gasteiger partial charge on any atom is 0.263 e. The summed E-state index contributed by atoms with van der Waals surface area (Å²) in [5, 5.41) is 2.61. The van der Waals surface area contributed by atoms with Crippen LogP contribution in [0.3, 0.4) is 0 Å². The van der Waals surface area contributed by atoms with Crippen LogP contribution in [0.4, 0.5) is 0 Å². The smallest absolute Gasteiger partial charge is 0.263 e. The molecule has 0 radical (unpaired) electrons. The third-order valence-electron chi connectivity index (χ3n) is 4.01. The van der Waals surface area contributed by atoms with Crippen molar-refractivity contribution in [1.29, 1.82) is 0 Å². The second-order valence-corrected chi connectivity index (χ2v) is 5.85. The van der Waals surface area contributed by atoms with Crippen molar-refractivity contribution in [2.24, 2.45) is 0 Å². The van der Waals surface area contributed by atoms with Crippen LogP contribution in [0, 0.1) is 6.92 Å². The van der Waals surface area contributed by atoms with Crippen LogP contribution >= 0.6 is 0 Å². The Morgan fingerprint density at radius 1 is 1.17 bits per heavy atom. The summed E-state index contributed by atoms with van der Waals surface area (Å²) >= 11 is 0. The van der Waals surface area contributed by atoms with Crippen molar-refractivity contribution in [2.75, 3.05) is 39.8 Å². The van der Waals surface area contributed by atoms with E-state index in [1.165, 1.54) is 0 Å². The molecule has 0 aromatic heterocycles. The van der Waals surface area contributed by atoms with E-state index in [9.17, 15) is 9.59 Å². The minimum atomic E-state index is -0.511. The topological polar surface area (TPSA) is 61.9 Å². The zero-order chi connectivity index (χ0) is 16.8. The fourth-order valence-electron chi connectivity index (χ4n) is 2.54. The van der Waals surface area contributed by atoms with Crippen LogP contribution in [0.5, 0.6) is 5.75 Å². The summed E-state index contributed by atoms with van der Waals surface area (Å²) in [6.07, 6.45) is -0.511. The van der Waals surface area contributed by atoms with Crippen molar-refractivity contribution in [2.45, 2.75) is 20.0 Å². The fourth-order valence-corrected chi connectivity index (χ4v) is 2.54. The van der Waals surface area contributed by atoms with Crippen LogP contribution in [0.15, 0.2) is 24.3 Å². The summed E-state index contributed by atoms with van der Waals surface area (Å²) in [7, 11) is 1.63. The average Bonchev–Trinajstić information content (AvgIpc) is 2.56. The van der Waals surface area contributed by atoms with Gasteiger partial charge in [0.2, 0.25) is 5.91 Å². The van der Waals surface area contributed by atoms with Crippen LogP contribution < -0.4 is 10.1 Å². The number of piperazine rings is 1. The van der Waals surface area contributed by atoms with E-state index in [2.05, 4.69) is 5.32 Å². The van der Waals surface area contributed by atoms with Gasteiger partial charge in [-0.2, -0.15) is 0 Å². The Labute approximate surface area is 137 Å². The normalized spacial score (nSPS) is 16.7. The fraction of sp³-hybridized carbons (Fsp3) is 0.529. The van der Waals surface area contributed by atoms with E-state index in [0.29, 0.717) is 38.5 Å². The minimum Gasteiger partial charge on any atom is -0.481 e. The monoisotopic (exact) mass is 319 g/mol. The van der Waals surface area contributed by atoms with Gasteiger partial charge in [-0.1, -0.05) is 17.7 Å². The summed E-state index contributed by atoms with van der Waals surface area (Å²) in [6, 6.07) is 7.68. The Kier molecular flexibility index (Phi) is 5.98. The van der Waals surface area contributed by atoms with E-state index in [0.717, 1.165) is 5.56 Å². The lowest BCUT2D eigenvalue weighted by Crippen LogP contribution is -2.53. The summed E-state index contributed by atoms with van der Waals surface area (Å²) < 4.78 is 5.72. The van der Waals surface area contributed by atoms with E-state index < -0.39 is 6.10 Å². The Hall–Kier alpha value is -2.08. The Balaban J connectivity index is 1.81. The first-order valence-electron chi connectivity index (χ1n) is 7.94. The van der Waals surface area contributed by atoms with E-state index in [-0.39, 0.29) is 11.8 Å². The molecule has 1 atom stereocenters. The SMILES string of the molecule is CNC(=O)CN1CCN(C(=O)C(C)Oc2ccc(C)cc2)CC1. The summed E-state index contributed by atoms with van der Waals surface area (Å²) in [4.78, 5) is 27.7. The van der Waals surface area contributed by atoms with E-state index in [1.807, 2.05) is 36.1 Å². The molecule has 1 heterocycles. The molecule has 2 amide bonds. The van der Waals surface area contributed by atoms with Gasteiger partial charge in [0.15, 0.2) is 6.10 Å². The number of carbonyl (C=O) groups is 2. The van der Waals surface area contributed by atoms with Crippen molar-refractivity contribution in [1.82, 2.24) is 15.1 Å². The van der Waals surface area contributed by atoms with Gasteiger partial charge in [0, 0.05) is 33.2 Å². The molecule has 23 heavy (non-hydrogen) atoms. The number of rotatable bonds is 5. The second-order valence-electron chi connectivity index (χ2n) is 5.85. The lowest BCUT2D eigenvalue weighted by Gasteiger charge is -2.35. The number of aryl methyl sites for hydroxylation is 1. The van der Waals surface area contributed by atoms with Crippen LogP contribution in [0.25, 0.3) is 0 Å². The van der Waals surface area contributed by atoms with Gasteiger partial charge < -0.3 is 15.0 Å². The first-order valence-corrected chi connectivity index (χ1v) is 7.94. The highest BCUT2D eigenvalue weighted by atomic mass is 16.5. The Morgan fingerprint density at radius 2 is 1.78 bits per heavy atom. The molecule has 1 aliphatic rings. The quantitative estimate of drug-likeness (QED) is 0.866. The number of carbonyl (C=O) groups excluding carboxylic acids is 2. The highest BCUT2D eigenvalue weighted by Gasteiger charge is 2.26. The molecule has 6 heteroatoms. The molecule has 1 fully saturated rings. The first-order chi connectivity index (χ1) is 11.0. The standard InChI is InChI=1S/C17H25N3O3/c1-13-4-6-15(7-5-13)23-14(2)17(22)20-10-8-19(9-11-20)12-16(21)18-3/h4-7,14H,8-12H2,1-3H3,(H,18,21). The van der Waals surface area contributed by atoms with Crippen molar-refractivity contribution in [3.05, 3.63) is 29.8 Å². The van der Waals surface area contributed by atoms with Gasteiger partial charge in [0.05, 0.1) is 6.54 Å².